The maximum Gasteiger partial charge on any atom is 0.266 e. The fraction of sp³-hybridized carbons (Fsp3) is 0.364. The van der Waals surface area contributed by atoms with Gasteiger partial charge >= 0.3 is 0 Å². The Morgan fingerprint density at radius 2 is 2.03 bits per heavy atom. The molecule has 0 atom stereocenters. The Labute approximate surface area is 177 Å². The third-order valence-electron chi connectivity index (χ3n) is 5.85. The smallest absolute Gasteiger partial charge is 0.266 e. The molecule has 2 aromatic heterocycles. The summed E-state index contributed by atoms with van der Waals surface area (Å²) in [4.78, 5) is 45.3. The second-order valence-corrected chi connectivity index (χ2v) is 8.90. The maximum atomic E-state index is 13.0. The van der Waals surface area contributed by atoms with E-state index in [9.17, 15) is 14.4 Å². The molecule has 1 fully saturated rings. The molecule has 0 unspecified atom stereocenters. The molecule has 1 aromatic carbocycles. The average molecular weight is 423 g/mol. The summed E-state index contributed by atoms with van der Waals surface area (Å²) in [6.45, 7) is 3.84. The third-order valence-corrected chi connectivity index (χ3v) is 7.03. The number of fused-ring (bicyclic) bond motifs is 2. The van der Waals surface area contributed by atoms with Crippen LogP contribution in [0.2, 0.25) is 0 Å². The number of hydrogen-bond donors (Lipinski definition) is 1. The summed E-state index contributed by atoms with van der Waals surface area (Å²) in [6.07, 6.45) is 3.25. The van der Waals surface area contributed by atoms with Crippen molar-refractivity contribution in [2.24, 2.45) is 0 Å². The lowest BCUT2D eigenvalue weighted by molar-refractivity contribution is -0.128. The first-order chi connectivity index (χ1) is 14.5. The van der Waals surface area contributed by atoms with Gasteiger partial charge in [0, 0.05) is 38.2 Å². The van der Waals surface area contributed by atoms with E-state index in [4.69, 9.17) is 0 Å². The molecule has 1 N–H and O–H groups in total. The van der Waals surface area contributed by atoms with Crippen molar-refractivity contribution >= 4 is 39.1 Å². The van der Waals surface area contributed by atoms with Gasteiger partial charge < -0.3 is 10.2 Å². The van der Waals surface area contributed by atoms with Crippen LogP contribution in [0.15, 0.2) is 29.1 Å². The first-order valence-corrected chi connectivity index (χ1v) is 11.0. The number of hydrogen-bond acceptors (Lipinski definition) is 5. The molecule has 2 aliphatic heterocycles. The lowest BCUT2D eigenvalue weighted by atomic mass is 10.1. The predicted octanol–water partition coefficient (Wildman–Crippen LogP) is 3.09. The lowest BCUT2D eigenvalue weighted by Gasteiger charge is -2.16. The molecule has 2 amide bonds. The maximum absolute atomic E-state index is 13.0. The van der Waals surface area contributed by atoms with Gasteiger partial charge in [-0.3, -0.25) is 19.0 Å². The standard InChI is InChI=1S/C22H22N4O3S/c1-13-18-21(24-16-7-3-10-26(16)22(18)29)30-19(13)20(28)23-15-6-2-5-14(11-15)12-25-9-4-8-17(25)27/h2,5-6,11H,3-4,7-10,12H2,1H3,(H,23,28). The number of aryl methyl sites for hydroxylation is 2. The number of carbonyl (C=O) groups is 2. The van der Waals surface area contributed by atoms with E-state index in [1.54, 1.807) is 4.57 Å². The largest absolute Gasteiger partial charge is 0.338 e. The Kier molecular flexibility index (Phi) is 4.66. The van der Waals surface area contributed by atoms with E-state index in [1.807, 2.05) is 36.1 Å². The molecule has 0 saturated carbocycles. The normalized spacial score (nSPS) is 15.8. The van der Waals surface area contributed by atoms with Crippen LogP contribution >= 0.6 is 11.3 Å². The van der Waals surface area contributed by atoms with Gasteiger partial charge in [-0.15, -0.1) is 11.3 Å². The van der Waals surface area contributed by atoms with Gasteiger partial charge in [-0.05, 0) is 43.0 Å². The Morgan fingerprint density at radius 3 is 2.83 bits per heavy atom. The summed E-state index contributed by atoms with van der Waals surface area (Å²) in [5, 5.41) is 3.50. The van der Waals surface area contributed by atoms with Crippen LogP contribution in [0.4, 0.5) is 5.69 Å². The Morgan fingerprint density at radius 1 is 1.20 bits per heavy atom. The molecule has 0 radical (unpaired) electrons. The molecule has 2 aliphatic rings. The zero-order valence-corrected chi connectivity index (χ0v) is 17.6. The van der Waals surface area contributed by atoms with Gasteiger partial charge in [0.15, 0.2) is 0 Å². The van der Waals surface area contributed by atoms with E-state index in [2.05, 4.69) is 10.3 Å². The summed E-state index contributed by atoms with van der Waals surface area (Å²) < 4.78 is 1.73. The number of nitrogens with zero attached hydrogens (tertiary/aromatic N) is 3. The number of aromatic nitrogens is 2. The molecule has 0 spiro atoms. The van der Waals surface area contributed by atoms with Gasteiger partial charge in [0.25, 0.3) is 11.5 Å². The van der Waals surface area contributed by atoms with E-state index < -0.39 is 0 Å². The molecule has 0 bridgehead atoms. The van der Waals surface area contributed by atoms with Crippen molar-refractivity contribution < 1.29 is 9.59 Å². The fourth-order valence-electron chi connectivity index (χ4n) is 4.32. The van der Waals surface area contributed by atoms with Crippen molar-refractivity contribution in [1.29, 1.82) is 0 Å². The molecular formula is C22H22N4O3S. The Balaban J connectivity index is 1.41. The average Bonchev–Trinajstić information content (AvgIpc) is 3.42. The highest BCUT2D eigenvalue weighted by atomic mass is 32.1. The van der Waals surface area contributed by atoms with E-state index in [-0.39, 0.29) is 17.4 Å². The first-order valence-electron chi connectivity index (χ1n) is 10.2. The number of benzene rings is 1. The predicted molar refractivity (Wildman–Crippen MR) is 116 cm³/mol. The van der Waals surface area contributed by atoms with Gasteiger partial charge in [-0.25, -0.2) is 4.98 Å². The van der Waals surface area contributed by atoms with Gasteiger partial charge in [-0.2, -0.15) is 0 Å². The quantitative estimate of drug-likeness (QED) is 0.700. The monoisotopic (exact) mass is 422 g/mol. The summed E-state index contributed by atoms with van der Waals surface area (Å²) in [7, 11) is 0. The zero-order chi connectivity index (χ0) is 20.8. The summed E-state index contributed by atoms with van der Waals surface area (Å²) >= 11 is 1.27. The highest BCUT2D eigenvalue weighted by Gasteiger charge is 2.24. The minimum absolute atomic E-state index is 0.0439. The second kappa shape index (κ2) is 7.36. The van der Waals surface area contributed by atoms with Crippen molar-refractivity contribution in [2.45, 2.75) is 45.7 Å². The second-order valence-electron chi connectivity index (χ2n) is 7.90. The molecule has 8 heteroatoms. The number of thiophene rings is 1. The van der Waals surface area contributed by atoms with Crippen molar-refractivity contribution in [3.05, 3.63) is 56.4 Å². The number of carbonyl (C=O) groups excluding carboxylic acids is 2. The molecule has 4 heterocycles. The summed E-state index contributed by atoms with van der Waals surface area (Å²) in [5.74, 6) is 0.746. The third kappa shape index (κ3) is 3.21. The molecule has 5 rings (SSSR count). The van der Waals surface area contributed by atoms with Crippen LogP contribution in [-0.4, -0.2) is 32.8 Å². The van der Waals surface area contributed by atoms with Crippen LogP contribution in [0.1, 0.15) is 45.9 Å². The molecule has 7 nitrogen and oxygen atoms in total. The number of nitrogens with one attached hydrogen (secondary N) is 1. The topological polar surface area (TPSA) is 84.3 Å². The van der Waals surface area contributed by atoms with Crippen LogP contribution in [0.3, 0.4) is 0 Å². The minimum Gasteiger partial charge on any atom is -0.338 e. The SMILES string of the molecule is Cc1c(C(=O)Nc2cccc(CN3CCCC3=O)c2)sc2nc3n(c(=O)c12)CCC3. The van der Waals surface area contributed by atoms with Crippen molar-refractivity contribution in [2.75, 3.05) is 11.9 Å². The first kappa shape index (κ1) is 19.0. The Bertz CT molecular complexity index is 1240. The Hall–Kier alpha value is -3.00. The van der Waals surface area contributed by atoms with E-state index in [0.29, 0.717) is 45.9 Å². The van der Waals surface area contributed by atoms with Gasteiger partial charge in [0.05, 0.1) is 10.3 Å². The van der Waals surface area contributed by atoms with Crippen LogP contribution in [0, 0.1) is 6.92 Å². The number of rotatable bonds is 4. The molecule has 3 aromatic rings. The van der Waals surface area contributed by atoms with E-state index in [1.165, 1.54) is 11.3 Å². The minimum atomic E-state index is -0.241. The fourth-order valence-corrected chi connectivity index (χ4v) is 5.40. The highest BCUT2D eigenvalue weighted by molar-refractivity contribution is 7.20. The van der Waals surface area contributed by atoms with Crippen molar-refractivity contribution in [1.82, 2.24) is 14.5 Å². The van der Waals surface area contributed by atoms with Gasteiger partial charge in [-0.1, -0.05) is 12.1 Å². The molecular weight excluding hydrogens is 400 g/mol. The number of amides is 2. The molecule has 30 heavy (non-hydrogen) atoms. The van der Waals surface area contributed by atoms with Gasteiger partial charge in [0.1, 0.15) is 10.7 Å². The molecule has 1 saturated heterocycles. The number of likely N-dealkylation sites (tertiary alicyclic amines) is 1. The number of anilines is 1. The van der Waals surface area contributed by atoms with Gasteiger partial charge in [0.2, 0.25) is 5.91 Å². The van der Waals surface area contributed by atoms with Crippen LogP contribution in [0.5, 0.6) is 0 Å². The summed E-state index contributed by atoms with van der Waals surface area (Å²) in [5.41, 5.74) is 2.30. The van der Waals surface area contributed by atoms with Crippen molar-refractivity contribution in [3.8, 4) is 0 Å². The van der Waals surface area contributed by atoms with Crippen LogP contribution < -0.4 is 10.9 Å². The van der Waals surface area contributed by atoms with Crippen LogP contribution in [0.25, 0.3) is 10.2 Å². The highest BCUT2D eigenvalue weighted by Crippen LogP contribution is 2.29. The lowest BCUT2D eigenvalue weighted by Crippen LogP contribution is -2.23. The van der Waals surface area contributed by atoms with Crippen molar-refractivity contribution in [3.63, 3.8) is 0 Å². The molecule has 154 valence electrons. The molecule has 0 aliphatic carbocycles. The van der Waals surface area contributed by atoms with E-state index >= 15 is 0 Å². The van der Waals surface area contributed by atoms with Crippen LogP contribution in [-0.2, 0) is 24.3 Å². The van der Waals surface area contributed by atoms with E-state index in [0.717, 1.165) is 37.2 Å². The zero-order valence-electron chi connectivity index (χ0n) is 16.7. The summed E-state index contributed by atoms with van der Waals surface area (Å²) in [6, 6.07) is 7.56.